The second-order valence-corrected chi connectivity index (χ2v) is 6.26. The van der Waals surface area contributed by atoms with Crippen molar-refractivity contribution >= 4 is 5.91 Å². The van der Waals surface area contributed by atoms with Gasteiger partial charge in [0.2, 0.25) is 5.91 Å². The Labute approximate surface area is 111 Å². The summed E-state index contributed by atoms with van der Waals surface area (Å²) in [5.74, 6) is 0.171. The Balaban J connectivity index is 2.06. The zero-order chi connectivity index (χ0) is 13.6. The number of hydrogen-bond acceptors (Lipinski definition) is 3. The minimum absolute atomic E-state index is 0.171. The average molecular weight is 255 g/mol. The van der Waals surface area contributed by atoms with Crippen molar-refractivity contribution in [3.8, 4) is 0 Å². The predicted molar refractivity (Wildman–Crippen MR) is 75.3 cm³/mol. The molecule has 3 N–H and O–H groups in total. The Kier molecular flexibility index (Phi) is 6.09. The van der Waals surface area contributed by atoms with Crippen LogP contribution in [0.4, 0.5) is 0 Å². The topological polar surface area (TPSA) is 58.4 Å². The van der Waals surface area contributed by atoms with Crippen LogP contribution in [0.15, 0.2) is 0 Å². The molecule has 1 aliphatic rings. The molecule has 0 aromatic rings. The fourth-order valence-electron chi connectivity index (χ4n) is 2.13. The molecule has 4 nitrogen and oxygen atoms in total. The molecular formula is C14H29N3O. The lowest BCUT2D eigenvalue weighted by atomic mass is 9.84. The smallest absolute Gasteiger partial charge is 0.220 e. The third-order valence-corrected chi connectivity index (χ3v) is 3.81. The summed E-state index contributed by atoms with van der Waals surface area (Å²) in [4.78, 5) is 14.0. The molecule has 0 saturated heterocycles. The summed E-state index contributed by atoms with van der Waals surface area (Å²) < 4.78 is 0. The minimum atomic E-state index is 0.171. The molecule has 0 atom stereocenters. The zero-order valence-corrected chi connectivity index (χ0v) is 12.2. The van der Waals surface area contributed by atoms with Crippen LogP contribution < -0.4 is 11.1 Å². The van der Waals surface area contributed by atoms with Gasteiger partial charge in [0.25, 0.3) is 0 Å². The molecule has 0 spiro atoms. The summed E-state index contributed by atoms with van der Waals surface area (Å²) in [5, 5.41) is 3.00. The molecule has 0 unspecified atom stereocenters. The lowest BCUT2D eigenvalue weighted by Crippen LogP contribution is -2.34. The average Bonchev–Trinajstić information content (AvgIpc) is 3.10. The fourth-order valence-corrected chi connectivity index (χ4v) is 2.13. The largest absolute Gasteiger partial charge is 0.355 e. The summed E-state index contributed by atoms with van der Waals surface area (Å²) in [5.41, 5.74) is 5.74. The van der Waals surface area contributed by atoms with Gasteiger partial charge in [-0.05, 0) is 44.7 Å². The Morgan fingerprint density at radius 2 is 2.06 bits per heavy atom. The van der Waals surface area contributed by atoms with Gasteiger partial charge in [0.15, 0.2) is 0 Å². The van der Waals surface area contributed by atoms with E-state index in [-0.39, 0.29) is 11.3 Å². The molecule has 4 heteroatoms. The fraction of sp³-hybridized carbons (Fsp3) is 0.929. The molecule has 0 radical (unpaired) electrons. The van der Waals surface area contributed by atoms with E-state index in [1.165, 1.54) is 12.8 Å². The first-order valence-corrected chi connectivity index (χ1v) is 7.11. The Hall–Kier alpha value is -0.610. The lowest BCUT2D eigenvalue weighted by Gasteiger charge is -2.23. The first-order valence-electron chi connectivity index (χ1n) is 7.11. The van der Waals surface area contributed by atoms with Crippen molar-refractivity contribution in [3.63, 3.8) is 0 Å². The van der Waals surface area contributed by atoms with Crippen molar-refractivity contribution in [2.45, 2.75) is 52.0 Å². The number of carbonyl (C=O) groups excluding carboxylic acids is 1. The first kappa shape index (κ1) is 15.4. The number of hydrogen-bond donors (Lipinski definition) is 2. The molecule has 1 rings (SSSR count). The van der Waals surface area contributed by atoms with E-state index in [0.717, 1.165) is 32.0 Å². The van der Waals surface area contributed by atoms with Crippen LogP contribution in [-0.4, -0.2) is 43.5 Å². The van der Waals surface area contributed by atoms with Gasteiger partial charge in [-0.15, -0.1) is 0 Å². The number of amides is 1. The molecule has 0 aromatic carbocycles. The number of likely N-dealkylation sites (N-methyl/N-ethyl adjacent to an activating group) is 1. The van der Waals surface area contributed by atoms with E-state index in [4.69, 9.17) is 5.73 Å². The highest BCUT2D eigenvalue weighted by Gasteiger charge is 2.25. The first-order chi connectivity index (χ1) is 8.44. The molecule has 1 amide bonds. The van der Waals surface area contributed by atoms with Crippen molar-refractivity contribution in [1.82, 2.24) is 10.2 Å². The van der Waals surface area contributed by atoms with Crippen molar-refractivity contribution < 1.29 is 4.79 Å². The highest BCUT2D eigenvalue weighted by Crippen LogP contribution is 2.26. The number of rotatable bonds is 9. The summed E-state index contributed by atoms with van der Waals surface area (Å²) in [6.07, 6.45) is 5.13. The van der Waals surface area contributed by atoms with Crippen LogP contribution >= 0.6 is 0 Å². The van der Waals surface area contributed by atoms with E-state index in [2.05, 4.69) is 31.1 Å². The van der Waals surface area contributed by atoms with E-state index in [1.807, 2.05) is 0 Å². The van der Waals surface area contributed by atoms with E-state index in [0.29, 0.717) is 13.0 Å². The maximum Gasteiger partial charge on any atom is 0.220 e. The van der Waals surface area contributed by atoms with E-state index in [9.17, 15) is 4.79 Å². The normalized spacial score (nSPS) is 16.1. The second-order valence-electron chi connectivity index (χ2n) is 6.26. The highest BCUT2D eigenvalue weighted by atomic mass is 16.1. The quantitative estimate of drug-likeness (QED) is 0.654. The summed E-state index contributed by atoms with van der Waals surface area (Å²) in [6, 6.07) is 0.769. The van der Waals surface area contributed by atoms with Gasteiger partial charge in [0.1, 0.15) is 0 Å². The molecule has 106 valence electrons. The van der Waals surface area contributed by atoms with Crippen molar-refractivity contribution in [3.05, 3.63) is 0 Å². The van der Waals surface area contributed by atoms with Crippen LogP contribution in [0, 0.1) is 5.41 Å². The van der Waals surface area contributed by atoms with Gasteiger partial charge in [-0.3, -0.25) is 4.79 Å². The molecule has 0 aliphatic heterocycles. The van der Waals surface area contributed by atoms with E-state index >= 15 is 0 Å². The Morgan fingerprint density at radius 1 is 1.39 bits per heavy atom. The van der Waals surface area contributed by atoms with Crippen LogP contribution in [0.2, 0.25) is 0 Å². The Morgan fingerprint density at radius 3 is 2.61 bits per heavy atom. The number of nitrogens with two attached hydrogens (primary N) is 1. The summed E-state index contributed by atoms with van der Waals surface area (Å²) in [7, 11) is 2.13. The van der Waals surface area contributed by atoms with Crippen molar-refractivity contribution in [1.29, 1.82) is 0 Å². The van der Waals surface area contributed by atoms with Gasteiger partial charge in [0, 0.05) is 25.6 Å². The Bertz CT molecular complexity index is 262. The summed E-state index contributed by atoms with van der Waals surface area (Å²) in [6.45, 7) is 6.77. The summed E-state index contributed by atoms with van der Waals surface area (Å²) >= 11 is 0. The van der Waals surface area contributed by atoms with Gasteiger partial charge in [0.05, 0.1) is 0 Å². The van der Waals surface area contributed by atoms with E-state index < -0.39 is 0 Å². The van der Waals surface area contributed by atoms with Crippen molar-refractivity contribution in [2.24, 2.45) is 11.1 Å². The third kappa shape index (κ3) is 6.36. The number of nitrogens with zero attached hydrogens (tertiary/aromatic N) is 1. The highest BCUT2D eigenvalue weighted by molar-refractivity contribution is 5.75. The number of carbonyl (C=O) groups is 1. The zero-order valence-electron chi connectivity index (χ0n) is 12.2. The molecule has 0 heterocycles. The maximum absolute atomic E-state index is 11.7. The van der Waals surface area contributed by atoms with Crippen molar-refractivity contribution in [2.75, 3.05) is 26.7 Å². The molecule has 0 bridgehead atoms. The van der Waals surface area contributed by atoms with Crippen LogP contribution in [0.5, 0.6) is 0 Å². The number of nitrogens with one attached hydrogen (secondary N) is 1. The molecule has 1 saturated carbocycles. The van der Waals surface area contributed by atoms with Crippen LogP contribution in [0.25, 0.3) is 0 Å². The predicted octanol–water partition coefficient (Wildman–Crippen LogP) is 1.35. The third-order valence-electron chi connectivity index (χ3n) is 3.81. The van der Waals surface area contributed by atoms with Gasteiger partial charge in [-0.25, -0.2) is 0 Å². The molecule has 18 heavy (non-hydrogen) atoms. The van der Waals surface area contributed by atoms with Gasteiger partial charge < -0.3 is 16.0 Å². The SMILES string of the molecule is CN(CCNC(=O)CCC(C)(C)CCN)C1CC1. The molecular weight excluding hydrogens is 226 g/mol. The monoisotopic (exact) mass is 255 g/mol. The minimum Gasteiger partial charge on any atom is -0.355 e. The molecule has 0 aromatic heterocycles. The van der Waals surface area contributed by atoms with Gasteiger partial charge >= 0.3 is 0 Å². The lowest BCUT2D eigenvalue weighted by molar-refractivity contribution is -0.121. The van der Waals surface area contributed by atoms with Crippen LogP contribution in [0.3, 0.4) is 0 Å². The van der Waals surface area contributed by atoms with Gasteiger partial charge in [-0.1, -0.05) is 13.8 Å². The van der Waals surface area contributed by atoms with E-state index in [1.54, 1.807) is 0 Å². The second kappa shape index (κ2) is 7.10. The molecule has 1 fully saturated rings. The van der Waals surface area contributed by atoms with Gasteiger partial charge in [-0.2, -0.15) is 0 Å². The molecule has 1 aliphatic carbocycles. The maximum atomic E-state index is 11.7. The van der Waals surface area contributed by atoms with Crippen LogP contribution in [0.1, 0.15) is 46.0 Å². The van der Waals surface area contributed by atoms with Crippen LogP contribution in [-0.2, 0) is 4.79 Å². The standard InChI is InChI=1S/C14H29N3O/c1-14(2,8-9-15)7-6-13(18)16-10-11-17(3)12-4-5-12/h12H,4-11,15H2,1-3H3,(H,16,18).